The fourth-order valence-corrected chi connectivity index (χ4v) is 1.11. The van der Waals surface area contributed by atoms with E-state index in [2.05, 4.69) is 6.58 Å². The second-order valence-corrected chi connectivity index (χ2v) is 2.64. The molecule has 1 aromatic rings. The molecule has 0 amide bonds. The minimum absolute atomic E-state index is 0. The Kier molecular flexibility index (Phi) is 4.64. The Morgan fingerprint density at radius 1 is 1.42 bits per heavy atom. The molecule has 0 saturated heterocycles. The van der Waals surface area contributed by atoms with Crippen LogP contribution in [0.15, 0.2) is 30.8 Å². The van der Waals surface area contributed by atoms with Gasteiger partial charge in [-0.2, -0.15) is 0 Å². The highest BCUT2D eigenvalue weighted by Gasteiger charge is 1.97. The van der Waals surface area contributed by atoms with Gasteiger partial charge in [-0.05, 0) is 18.1 Å². The zero-order valence-corrected chi connectivity index (χ0v) is 8.03. The molecular weight excluding hydrogens is 170 g/mol. The molecule has 0 aliphatic rings. The summed E-state index contributed by atoms with van der Waals surface area (Å²) >= 11 is 0. The molecule has 1 nitrogen and oxygen atoms in total. The Morgan fingerprint density at radius 3 is 2.42 bits per heavy atom. The van der Waals surface area contributed by atoms with Crippen molar-refractivity contribution in [2.75, 3.05) is 0 Å². The van der Waals surface area contributed by atoms with Crippen LogP contribution in [0.3, 0.4) is 0 Å². The Bertz CT molecular complexity index is 268. The minimum atomic E-state index is 0. The van der Waals surface area contributed by atoms with Crippen LogP contribution in [0.5, 0.6) is 0 Å². The molecule has 12 heavy (non-hydrogen) atoms. The highest BCUT2D eigenvalue weighted by Crippen LogP contribution is 2.15. The van der Waals surface area contributed by atoms with E-state index in [4.69, 9.17) is 5.73 Å². The summed E-state index contributed by atoms with van der Waals surface area (Å²) < 4.78 is 0. The SMILES string of the molecule is C=C(C)c1ccccc1CN.Cl. The molecule has 0 spiro atoms. The third kappa shape index (κ3) is 2.36. The second kappa shape index (κ2) is 4.96. The fraction of sp³-hybridized carbons (Fsp3) is 0.200. The van der Waals surface area contributed by atoms with E-state index in [-0.39, 0.29) is 12.4 Å². The number of allylic oxidation sites excluding steroid dienone is 1. The van der Waals surface area contributed by atoms with E-state index in [1.165, 1.54) is 11.1 Å². The molecule has 0 bridgehead atoms. The molecule has 0 aromatic heterocycles. The Balaban J connectivity index is 0.00000121. The minimum Gasteiger partial charge on any atom is -0.326 e. The molecule has 2 N–H and O–H groups in total. The third-order valence-corrected chi connectivity index (χ3v) is 1.70. The lowest BCUT2D eigenvalue weighted by Crippen LogP contribution is -1.99. The van der Waals surface area contributed by atoms with Crippen molar-refractivity contribution >= 4 is 18.0 Å². The molecule has 1 rings (SSSR count). The molecule has 0 aliphatic heterocycles. The van der Waals surface area contributed by atoms with Crippen molar-refractivity contribution in [2.45, 2.75) is 13.5 Å². The maximum absolute atomic E-state index is 5.55. The highest BCUT2D eigenvalue weighted by atomic mass is 35.5. The van der Waals surface area contributed by atoms with Gasteiger partial charge in [0.15, 0.2) is 0 Å². The molecule has 0 saturated carbocycles. The first-order valence-corrected chi connectivity index (χ1v) is 3.69. The number of hydrogen-bond acceptors (Lipinski definition) is 1. The first kappa shape index (κ1) is 11.2. The van der Waals surface area contributed by atoms with Crippen LogP contribution in [-0.2, 0) is 6.54 Å². The van der Waals surface area contributed by atoms with E-state index in [9.17, 15) is 0 Å². The Morgan fingerprint density at radius 2 is 2.00 bits per heavy atom. The summed E-state index contributed by atoms with van der Waals surface area (Å²) in [5.74, 6) is 0. The molecule has 0 heterocycles. The zero-order valence-electron chi connectivity index (χ0n) is 7.21. The van der Waals surface area contributed by atoms with Gasteiger partial charge in [0.05, 0.1) is 0 Å². The van der Waals surface area contributed by atoms with Gasteiger partial charge in [-0.1, -0.05) is 36.4 Å². The summed E-state index contributed by atoms with van der Waals surface area (Å²) in [5, 5.41) is 0. The lowest BCUT2D eigenvalue weighted by atomic mass is 10.0. The number of halogens is 1. The van der Waals surface area contributed by atoms with Crippen molar-refractivity contribution in [1.82, 2.24) is 0 Å². The molecule has 0 fully saturated rings. The molecular formula is C10H14ClN. The van der Waals surface area contributed by atoms with E-state index in [1.54, 1.807) is 0 Å². The number of hydrogen-bond donors (Lipinski definition) is 1. The van der Waals surface area contributed by atoms with Gasteiger partial charge in [-0.25, -0.2) is 0 Å². The quantitative estimate of drug-likeness (QED) is 0.750. The van der Waals surface area contributed by atoms with Crippen LogP contribution < -0.4 is 5.73 Å². The lowest BCUT2D eigenvalue weighted by molar-refractivity contribution is 1.06. The number of nitrogens with two attached hydrogens (primary N) is 1. The van der Waals surface area contributed by atoms with Crippen LogP contribution in [0.2, 0.25) is 0 Å². The fourth-order valence-electron chi connectivity index (χ4n) is 1.11. The predicted octanol–water partition coefficient (Wildman–Crippen LogP) is 2.60. The third-order valence-electron chi connectivity index (χ3n) is 1.70. The molecule has 0 aliphatic carbocycles. The summed E-state index contributed by atoms with van der Waals surface area (Å²) in [6.45, 7) is 6.46. The van der Waals surface area contributed by atoms with Gasteiger partial charge >= 0.3 is 0 Å². The van der Waals surface area contributed by atoms with Gasteiger partial charge in [0, 0.05) is 6.54 Å². The van der Waals surface area contributed by atoms with E-state index in [1.807, 2.05) is 31.2 Å². The van der Waals surface area contributed by atoms with Gasteiger partial charge in [0.1, 0.15) is 0 Å². The van der Waals surface area contributed by atoms with Gasteiger partial charge in [-0.3, -0.25) is 0 Å². The van der Waals surface area contributed by atoms with Crippen molar-refractivity contribution in [3.8, 4) is 0 Å². The van der Waals surface area contributed by atoms with Crippen LogP contribution >= 0.6 is 12.4 Å². The van der Waals surface area contributed by atoms with Gasteiger partial charge in [0.2, 0.25) is 0 Å². The summed E-state index contributed by atoms with van der Waals surface area (Å²) in [4.78, 5) is 0. The highest BCUT2D eigenvalue weighted by molar-refractivity contribution is 5.85. The zero-order chi connectivity index (χ0) is 8.27. The lowest BCUT2D eigenvalue weighted by Gasteiger charge is -2.05. The molecule has 0 radical (unpaired) electrons. The van der Waals surface area contributed by atoms with E-state index < -0.39 is 0 Å². The van der Waals surface area contributed by atoms with Gasteiger partial charge in [-0.15, -0.1) is 12.4 Å². The van der Waals surface area contributed by atoms with Crippen LogP contribution in [0.25, 0.3) is 5.57 Å². The summed E-state index contributed by atoms with van der Waals surface area (Å²) in [6, 6.07) is 8.08. The van der Waals surface area contributed by atoms with E-state index in [0.29, 0.717) is 6.54 Å². The van der Waals surface area contributed by atoms with Gasteiger partial charge < -0.3 is 5.73 Å². The molecule has 2 heteroatoms. The number of rotatable bonds is 2. The topological polar surface area (TPSA) is 26.0 Å². The van der Waals surface area contributed by atoms with Gasteiger partial charge in [0.25, 0.3) is 0 Å². The standard InChI is InChI=1S/C10H13N.ClH/c1-8(2)10-6-4-3-5-9(10)7-11;/h3-6H,1,7,11H2,2H3;1H. The van der Waals surface area contributed by atoms with E-state index >= 15 is 0 Å². The molecule has 1 aromatic carbocycles. The Labute approximate surface area is 79.7 Å². The first-order valence-electron chi connectivity index (χ1n) is 3.69. The van der Waals surface area contributed by atoms with Crippen LogP contribution in [0.1, 0.15) is 18.1 Å². The average Bonchev–Trinajstić information content (AvgIpc) is 2.04. The van der Waals surface area contributed by atoms with Crippen molar-refractivity contribution in [3.63, 3.8) is 0 Å². The molecule has 0 unspecified atom stereocenters. The summed E-state index contributed by atoms with van der Waals surface area (Å²) in [7, 11) is 0. The van der Waals surface area contributed by atoms with Crippen molar-refractivity contribution < 1.29 is 0 Å². The smallest absolute Gasteiger partial charge is 0.0184 e. The molecule has 66 valence electrons. The van der Waals surface area contributed by atoms with Crippen LogP contribution in [0, 0.1) is 0 Å². The van der Waals surface area contributed by atoms with Crippen molar-refractivity contribution in [3.05, 3.63) is 42.0 Å². The second-order valence-electron chi connectivity index (χ2n) is 2.64. The summed E-state index contributed by atoms with van der Waals surface area (Å²) in [5.41, 5.74) is 8.96. The first-order chi connectivity index (χ1) is 5.25. The average molecular weight is 184 g/mol. The predicted molar refractivity (Wildman–Crippen MR) is 56.3 cm³/mol. The maximum Gasteiger partial charge on any atom is 0.0184 e. The largest absolute Gasteiger partial charge is 0.326 e. The van der Waals surface area contributed by atoms with Crippen molar-refractivity contribution in [1.29, 1.82) is 0 Å². The summed E-state index contributed by atoms with van der Waals surface area (Å²) in [6.07, 6.45) is 0. The Hall–Kier alpha value is -0.790. The normalized spacial score (nSPS) is 8.83. The maximum atomic E-state index is 5.55. The van der Waals surface area contributed by atoms with Crippen LogP contribution in [0.4, 0.5) is 0 Å². The van der Waals surface area contributed by atoms with Crippen molar-refractivity contribution in [2.24, 2.45) is 5.73 Å². The van der Waals surface area contributed by atoms with E-state index in [0.717, 1.165) is 5.57 Å². The molecule has 0 atom stereocenters. The van der Waals surface area contributed by atoms with Crippen LogP contribution in [-0.4, -0.2) is 0 Å². The monoisotopic (exact) mass is 183 g/mol. The number of benzene rings is 1.